The Hall–Kier alpha value is -0.840. The van der Waals surface area contributed by atoms with Crippen molar-refractivity contribution in [3.05, 3.63) is 33.1 Å². The van der Waals surface area contributed by atoms with Gasteiger partial charge in [0, 0.05) is 31.3 Å². The maximum absolute atomic E-state index is 11.3. The fraction of sp³-hybridized carbons (Fsp3) is 0.500. The van der Waals surface area contributed by atoms with Gasteiger partial charge in [0.15, 0.2) is 0 Å². The number of halogens is 1. The molecule has 1 aromatic rings. The molecule has 13 heavy (non-hydrogen) atoms. The molecule has 0 aliphatic heterocycles. The predicted molar refractivity (Wildman–Crippen MR) is 54.4 cm³/mol. The summed E-state index contributed by atoms with van der Waals surface area (Å²) < 4.78 is 2.72. The average Bonchev–Trinajstić information content (AvgIpc) is 2.13. The normalized spacial score (nSPS) is 10.3. The molecule has 0 saturated carbocycles. The zero-order chi connectivity index (χ0) is 9.84. The second-order valence-corrected chi connectivity index (χ2v) is 3.55. The van der Waals surface area contributed by atoms with Gasteiger partial charge in [-0.2, -0.15) is 0 Å². The molecular weight excluding hydrogens is 236 g/mol. The number of aryl methyl sites for hydroxylation is 2. The van der Waals surface area contributed by atoms with Crippen molar-refractivity contribution in [3.63, 3.8) is 0 Å². The monoisotopic (exact) mass is 246 g/mol. The quantitative estimate of drug-likeness (QED) is 0.570. The molecule has 0 unspecified atom stereocenters. The molecule has 0 amide bonds. The highest BCUT2D eigenvalue weighted by atomic mass is 79.9. The van der Waals surface area contributed by atoms with Crippen molar-refractivity contribution < 1.29 is 0 Å². The smallest absolute Gasteiger partial charge is 0.312 e. The minimum Gasteiger partial charge on any atom is -0.312 e. The van der Waals surface area contributed by atoms with Crippen LogP contribution >= 0.6 is 15.9 Å². The molecule has 1 rings (SSSR count). The summed E-state index contributed by atoms with van der Waals surface area (Å²) in [6.07, 6.45) is 4.07. The molecule has 5 heteroatoms. The van der Waals surface area contributed by atoms with E-state index < -0.39 is 11.1 Å². The molecule has 0 fully saturated rings. The van der Waals surface area contributed by atoms with Gasteiger partial charge in [-0.25, -0.2) is 0 Å². The van der Waals surface area contributed by atoms with Crippen LogP contribution in [0.2, 0.25) is 0 Å². The Kier molecular flexibility index (Phi) is 3.48. The van der Waals surface area contributed by atoms with Crippen molar-refractivity contribution in [1.82, 2.24) is 9.13 Å². The van der Waals surface area contributed by atoms with Crippen LogP contribution in [0.25, 0.3) is 0 Å². The van der Waals surface area contributed by atoms with Gasteiger partial charge in [-0.1, -0.05) is 15.9 Å². The molecule has 0 radical (unpaired) electrons. The van der Waals surface area contributed by atoms with Crippen LogP contribution < -0.4 is 11.1 Å². The highest BCUT2D eigenvalue weighted by molar-refractivity contribution is 9.09. The van der Waals surface area contributed by atoms with E-state index in [-0.39, 0.29) is 0 Å². The summed E-state index contributed by atoms with van der Waals surface area (Å²) in [5.74, 6) is 0. The minimum absolute atomic E-state index is 0.453. The molecule has 0 spiro atoms. The van der Waals surface area contributed by atoms with E-state index in [1.165, 1.54) is 9.13 Å². The number of hydrogen-bond donors (Lipinski definition) is 0. The summed E-state index contributed by atoms with van der Waals surface area (Å²) in [6.45, 7) is 0.583. The molecule has 0 aliphatic carbocycles. The van der Waals surface area contributed by atoms with E-state index in [2.05, 4.69) is 15.9 Å². The second kappa shape index (κ2) is 4.41. The maximum Gasteiger partial charge on any atom is 0.316 e. The van der Waals surface area contributed by atoms with Gasteiger partial charge < -0.3 is 9.13 Å². The topological polar surface area (TPSA) is 44.0 Å². The molecule has 4 nitrogen and oxygen atoms in total. The molecular formula is C8H11BrN2O2. The van der Waals surface area contributed by atoms with Crippen molar-refractivity contribution in [2.75, 3.05) is 5.33 Å². The lowest BCUT2D eigenvalue weighted by molar-refractivity contribution is 0.628. The van der Waals surface area contributed by atoms with Gasteiger partial charge in [0.05, 0.1) is 0 Å². The largest absolute Gasteiger partial charge is 0.316 e. The van der Waals surface area contributed by atoms with Crippen LogP contribution in [0.15, 0.2) is 22.0 Å². The summed E-state index contributed by atoms with van der Waals surface area (Å²) >= 11 is 3.27. The number of hydrogen-bond acceptors (Lipinski definition) is 2. The van der Waals surface area contributed by atoms with Crippen molar-refractivity contribution >= 4 is 15.9 Å². The van der Waals surface area contributed by atoms with Crippen molar-refractivity contribution in [2.24, 2.45) is 7.05 Å². The lowest BCUT2D eigenvalue weighted by Crippen LogP contribution is -2.39. The Bertz CT molecular complexity index is 394. The molecule has 0 bridgehead atoms. The van der Waals surface area contributed by atoms with Gasteiger partial charge in [-0.05, 0) is 6.42 Å². The van der Waals surface area contributed by atoms with Crippen molar-refractivity contribution in [2.45, 2.75) is 13.0 Å². The first kappa shape index (κ1) is 10.2. The standard InChI is InChI=1S/C8H11BrN2O2/c1-10-5-6-11(4-2-3-9)8(13)7(10)12/h5-6H,2-4H2,1H3. The van der Waals surface area contributed by atoms with E-state index in [0.29, 0.717) is 6.54 Å². The fourth-order valence-corrected chi connectivity index (χ4v) is 1.25. The van der Waals surface area contributed by atoms with Crippen LogP contribution in [0.3, 0.4) is 0 Å². The first-order chi connectivity index (χ1) is 6.16. The summed E-state index contributed by atoms with van der Waals surface area (Å²) in [7, 11) is 1.57. The summed E-state index contributed by atoms with van der Waals surface area (Å²) in [5, 5.41) is 0.828. The molecule has 0 saturated heterocycles. The van der Waals surface area contributed by atoms with Crippen molar-refractivity contribution in [1.29, 1.82) is 0 Å². The van der Waals surface area contributed by atoms with E-state index in [0.717, 1.165) is 11.8 Å². The minimum atomic E-state index is -0.475. The molecule has 0 N–H and O–H groups in total. The second-order valence-electron chi connectivity index (χ2n) is 2.76. The first-order valence-corrected chi connectivity index (χ1v) is 5.11. The lowest BCUT2D eigenvalue weighted by Gasteiger charge is -2.03. The van der Waals surface area contributed by atoms with Crippen LogP contribution in [-0.2, 0) is 13.6 Å². The third kappa shape index (κ3) is 2.30. The van der Waals surface area contributed by atoms with Crippen molar-refractivity contribution in [3.8, 4) is 0 Å². The van der Waals surface area contributed by atoms with Crippen LogP contribution in [0.1, 0.15) is 6.42 Å². The Morgan fingerprint density at radius 3 is 2.62 bits per heavy atom. The number of nitrogens with zero attached hydrogens (tertiary/aromatic N) is 2. The Morgan fingerprint density at radius 2 is 2.00 bits per heavy atom. The van der Waals surface area contributed by atoms with E-state index in [9.17, 15) is 9.59 Å². The zero-order valence-corrected chi connectivity index (χ0v) is 8.95. The van der Waals surface area contributed by atoms with Crippen LogP contribution in [0.5, 0.6) is 0 Å². The van der Waals surface area contributed by atoms with E-state index >= 15 is 0 Å². The molecule has 1 heterocycles. The number of aromatic nitrogens is 2. The summed E-state index contributed by atoms with van der Waals surface area (Å²) in [4.78, 5) is 22.5. The van der Waals surface area contributed by atoms with Gasteiger partial charge in [0.1, 0.15) is 0 Å². The van der Waals surface area contributed by atoms with Gasteiger partial charge >= 0.3 is 11.1 Å². The SMILES string of the molecule is Cn1ccn(CCCBr)c(=O)c1=O. The van der Waals surface area contributed by atoms with Gasteiger partial charge in [0.25, 0.3) is 0 Å². The summed E-state index contributed by atoms with van der Waals surface area (Å²) in [6, 6.07) is 0. The molecule has 0 aromatic carbocycles. The third-order valence-electron chi connectivity index (χ3n) is 1.77. The average molecular weight is 247 g/mol. The van der Waals surface area contributed by atoms with E-state index in [1.54, 1.807) is 19.4 Å². The first-order valence-electron chi connectivity index (χ1n) is 3.99. The molecule has 1 aromatic heterocycles. The highest BCUT2D eigenvalue weighted by Crippen LogP contribution is 1.89. The molecule has 72 valence electrons. The maximum atomic E-state index is 11.3. The third-order valence-corrected chi connectivity index (χ3v) is 2.33. The van der Waals surface area contributed by atoms with E-state index in [1.807, 2.05) is 0 Å². The van der Waals surface area contributed by atoms with Gasteiger partial charge in [0.2, 0.25) is 0 Å². The highest BCUT2D eigenvalue weighted by Gasteiger charge is 2.00. The molecule has 0 atom stereocenters. The van der Waals surface area contributed by atoms with Crippen LogP contribution in [0.4, 0.5) is 0 Å². The van der Waals surface area contributed by atoms with Crippen LogP contribution in [-0.4, -0.2) is 14.5 Å². The fourth-order valence-electron chi connectivity index (χ4n) is 0.996. The van der Waals surface area contributed by atoms with Crippen LogP contribution in [0, 0.1) is 0 Å². The number of rotatable bonds is 3. The Morgan fingerprint density at radius 1 is 1.31 bits per heavy atom. The Balaban J connectivity index is 3.05. The molecule has 0 aliphatic rings. The summed E-state index contributed by atoms with van der Waals surface area (Å²) in [5.41, 5.74) is -0.928. The number of alkyl halides is 1. The lowest BCUT2D eigenvalue weighted by atomic mass is 10.4. The van der Waals surface area contributed by atoms with Gasteiger partial charge in [-0.15, -0.1) is 0 Å². The zero-order valence-electron chi connectivity index (χ0n) is 7.36. The van der Waals surface area contributed by atoms with Gasteiger partial charge in [-0.3, -0.25) is 9.59 Å². The predicted octanol–water partition coefficient (Wildman–Crippen LogP) is 0.332. The van der Waals surface area contributed by atoms with E-state index in [4.69, 9.17) is 0 Å². The Labute approximate surface area is 83.9 Å².